The Morgan fingerprint density at radius 1 is 1.35 bits per heavy atom. The molecular formula is C11H10N2O2S2. The number of pyridine rings is 1. The second kappa shape index (κ2) is 4.36. The maximum absolute atomic E-state index is 12.2. The van der Waals surface area contributed by atoms with Crippen molar-refractivity contribution in [2.45, 2.75) is 6.23 Å². The Morgan fingerprint density at radius 2 is 2.18 bits per heavy atom. The molecule has 0 saturated heterocycles. The van der Waals surface area contributed by atoms with Crippen molar-refractivity contribution in [1.82, 2.24) is 4.98 Å². The number of aliphatic hydroxyl groups excluding tert-OH is 1. The Hall–Kier alpha value is -0.980. The van der Waals surface area contributed by atoms with E-state index in [9.17, 15) is 9.90 Å². The minimum absolute atomic E-state index is 0.136. The van der Waals surface area contributed by atoms with Crippen LogP contribution in [-0.4, -0.2) is 33.7 Å². The highest BCUT2D eigenvalue weighted by Gasteiger charge is 2.41. The van der Waals surface area contributed by atoms with Gasteiger partial charge in [0.2, 0.25) is 0 Å². The molecule has 3 rings (SSSR count). The van der Waals surface area contributed by atoms with Crippen LogP contribution < -0.4 is 4.90 Å². The lowest BCUT2D eigenvalue weighted by Gasteiger charge is -2.20. The maximum Gasteiger partial charge on any atom is 0.269 e. The van der Waals surface area contributed by atoms with Gasteiger partial charge in [-0.1, -0.05) is 6.07 Å². The summed E-state index contributed by atoms with van der Waals surface area (Å²) in [5.74, 6) is 2.21. The highest BCUT2D eigenvalue weighted by atomic mass is 32.2. The van der Waals surface area contributed by atoms with Crippen molar-refractivity contribution in [3.8, 4) is 0 Å². The van der Waals surface area contributed by atoms with Crippen LogP contribution >= 0.6 is 23.5 Å². The molecule has 0 bridgehead atoms. The molecule has 0 aliphatic carbocycles. The lowest BCUT2D eigenvalue weighted by molar-refractivity contribution is -0.115. The molecule has 17 heavy (non-hydrogen) atoms. The summed E-state index contributed by atoms with van der Waals surface area (Å²) >= 11 is 3.09. The van der Waals surface area contributed by atoms with E-state index in [1.807, 2.05) is 0 Å². The highest BCUT2D eigenvalue weighted by Crippen LogP contribution is 2.43. The van der Waals surface area contributed by atoms with Gasteiger partial charge in [0.05, 0.1) is 9.81 Å². The standard InChI is InChI=1S/C11H10N2O2S2/c14-10-8-9(17-6-5-16-8)11(15)13(10)7-3-1-2-4-12-7/h1-4,10,14H,5-6H2. The van der Waals surface area contributed by atoms with Crippen molar-refractivity contribution in [1.29, 1.82) is 0 Å². The van der Waals surface area contributed by atoms with Crippen LogP contribution in [0, 0.1) is 0 Å². The largest absolute Gasteiger partial charge is 0.368 e. The quantitative estimate of drug-likeness (QED) is 0.833. The minimum Gasteiger partial charge on any atom is -0.368 e. The SMILES string of the molecule is O=C1C2=C(SCCS2)C(O)N1c1ccccn1. The fourth-order valence-corrected chi connectivity index (χ4v) is 4.24. The summed E-state index contributed by atoms with van der Waals surface area (Å²) in [6, 6.07) is 5.32. The van der Waals surface area contributed by atoms with Gasteiger partial charge in [-0.25, -0.2) is 4.98 Å². The number of carbonyl (C=O) groups excluding carboxylic acids is 1. The molecule has 4 nitrogen and oxygen atoms in total. The van der Waals surface area contributed by atoms with Crippen molar-refractivity contribution in [3.05, 3.63) is 34.2 Å². The fourth-order valence-electron chi connectivity index (χ4n) is 1.85. The Balaban J connectivity index is 1.98. The maximum atomic E-state index is 12.2. The summed E-state index contributed by atoms with van der Waals surface area (Å²) in [5.41, 5.74) is 0. The van der Waals surface area contributed by atoms with Crippen molar-refractivity contribution < 1.29 is 9.90 Å². The smallest absolute Gasteiger partial charge is 0.269 e. The Kier molecular flexibility index (Phi) is 2.85. The molecule has 2 aliphatic heterocycles. The second-order valence-corrected chi connectivity index (χ2v) is 5.87. The zero-order valence-corrected chi connectivity index (χ0v) is 10.5. The van der Waals surface area contributed by atoms with E-state index in [2.05, 4.69) is 4.98 Å². The lowest BCUT2D eigenvalue weighted by atomic mass is 10.4. The van der Waals surface area contributed by atoms with Crippen molar-refractivity contribution in [2.24, 2.45) is 0 Å². The molecule has 1 N–H and O–H groups in total. The molecule has 0 spiro atoms. The van der Waals surface area contributed by atoms with Crippen LogP contribution in [0.25, 0.3) is 0 Å². The van der Waals surface area contributed by atoms with Gasteiger partial charge in [0, 0.05) is 17.7 Å². The van der Waals surface area contributed by atoms with Crippen LogP contribution in [0.2, 0.25) is 0 Å². The zero-order valence-electron chi connectivity index (χ0n) is 8.87. The van der Waals surface area contributed by atoms with E-state index in [0.717, 1.165) is 16.4 Å². The molecule has 3 heterocycles. The van der Waals surface area contributed by atoms with Gasteiger partial charge in [-0.2, -0.15) is 0 Å². The number of aliphatic hydroxyl groups is 1. The molecule has 1 amide bonds. The Bertz CT molecular complexity index is 490. The molecule has 1 aromatic heterocycles. The number of hydrogen-bond donors (Lipinski definition) is 1. The first-order valence-electron chi connectivity index (χ1n) is 5.21. The topological polar surface area (TPSA) is 53.4 Å². The first-order valence-corrected chi connectivity index (χ1v) is 7.18. The third-order valence-electron chi connectivity index (χ3n) is 2.60. The zero-order chi connectivity index (χ0) is 11.8. The third-order valence-corrected chi connectivity index (χ3v) is 5.21. The van der Waals surface area contributed by atoms with Crippen LogP contribution in [0.1, 0.15) is 0 Å². The molecule has 6 heteroatoms. The molecule has 0 aromatic carbocycles. The Morgan fingerprint density at radius 3 is 2.88 bits per heavy atom. The van der Waals surface area contributed by atoms with Gasteiger partial charge in [0.15, 0.2) is 6.23 Å². The Labute approximate surface area is 107 Å². The molecule has 0 fully saturated rings. The number of rotatable bonds is 1. The van der Waals surface area contributed by atoms with Gasteiger partial charge >= 0.3 is 0 Å². The molecule has 1 unspecified atom stereocenters. The number of thioether (sulfide) groups is 2. The summed E-state index contributed by atoms with van der Waals surface area (Å²) in [6.07, 6.45) is 0.748. The molecule has 0 saturated carbocycles. The third kappa shape index (κ3) is 1.76. The van der Waals surface area contributed by atoms with Crippen molar-refractivity contribution in [3.63, 3.8) is 0 Å². The predicted octanol–water partition coefficient (Wildman–Crippen LogP) is 1.44. The first kappa shape index (κ1) is 11.1. The van der Waals surface area contributed by atoms with Crippen LogP contribution in [0.15, 0.2) is 34.2 Å². The van der Waals surface area contributed by atoms with Gasteiger partial charge in [0.25, 0.3) is 5.91 Å². The normalized spacial score (nSPS) is 24.2. The van der Waals surface area contributed by atoms with Crippen LogP contribution in [0.5, 0.6) is 0 Å². The van der Waals surface area contributed by atoms with Gasteiger partial charge in [0.1, 0.15) is 5.82 Å². The van der Waals surface area contributed by atoms with E-state index >= 15 is 0 Å². The number of nitrogens with zero attached hydrogens (tertiary/aromatic N) is 2. The summed E-state index contributed by atoms with van der Waals surface area (Å²) in [5, 5.41) is 10.2. The van der Waals surface area contributed by atoms with E-state index in [4.69, 9.17) is 0 Å². The summed E-state index contributed by atoms with van der Waals surface area (Å²) < 4.78 is 0. The van der Waals surface area contributed by atoms with Gasteiger partial charge in [-0.3, -0.25) is 9.69 Å². The molecule has 88 valence electrons. The molecular weight excluding hydrogens is 256 g/mol. The summed E-state index contributed by atoms with van der Waals surface area (Å²) in [4.78, 5) is 19.1. The van der Waals surface area contributed by atoms with E-state index in [1.165, 1.54) is 16.7 Å². The number of hydrogen-bond acceptors (Lipinski definition) is 5. The lowest BCUT2D eigenvalue weighted by Crippen LogP contribution is -2.35. The average Bonchev–Trinajstić information content (AvgIpc) is 2.64. The van der Waals surface area contributed by atoms with Crippen molar-refractivity contribution in [2.75, 3.05) is 16.4 Å². The number of amides is 1. The minimum atomic E-state index is -0.870. The molecule has 2 aliphatic rings. The highest BCUT2D eigenvalue weighted by molar-refractivity contribution is 8.10. The first-order chi connectivity index (χ1) is 8.29. The van der Waals surface area contributed by atoms with E-state index in [0.29, 0.717) is 10.7 Å². The van der Waals surface area contributed by atoms with E-state index < -0.39 is 6.23 Å². The summed E-state index contributed by atoms with van der Waals surface area (Å²) in [6.45, 7) is 0. The van der Waals surface area contributed by atoms with Gasteiger partial charge < -0.3 is 5.11 Å². The van der Waals surface area contributed by atoms with Crippen LogP contribution in [0.4, 0.5) is 5.82 Å². The average molecular weight is 266 g/mol. The van der Waals surface area contributed by atoms with E-state index in [-0.39, 0.29) is 5.91 Å². The van der Waals surface area contributed by atoms with E-state index in [1.54, 1.807) is 36.2 Å². The summed E-state index contributed by atoms with van der Waals surface area (Å²) in [7, 11) is 0. The molecule has 1 aromatic rings. The number of anilines is 1. The number of aromatic nitrogens is 1. The van der Waals surface area contributed by atoms with Crippen LogP contribution in [-0.2, 0) is 4.79 Å². The number of carbonyl (C=O) groups is 1. The fraction of sp³-hybridized carbons (Fsp3) is 0.273. The second-order valence-electron chi connectivity index (χ2n) is 3.63. The van der Waals surface area contributed by atoms with Gasteiger partial charge in [-0.05, 0) is 12.1 Å². The predicted molar refractivity (Wildman–Crippen MR) is 69.7 cm³/mol. The van der Waals surface area contributed by atoms with Crippen molar-refractivity contribution >= 4 is 35.2 Å². The molecule has 1 atom stereocenters. The van der Waals surface area contributed by atoms with Crippen LogP contribution in [0.3, 0.4) is 0 Å². The molecule has 0 radical (unpaired) electrons. The monoisotopic (exact) mass is 266 g/mol. The van der Waals surface area contributed by atoms with Gasteiger partial charge in [-0.15, -0.1) is 23.5 Å².